The smallest absolute Gasteiger partial charge is 0.121 e. The number of hydrogen-bond acceptors (Lipinski definition) is 4. The lowest BCUT2D eigenvalue weighted by atomic mass is 10.1. The maximum Gasteiger partial charge on any atom is 0.121 e. The average Bonchev–Trinajstić information content (AvgIpc) is 2.37. The second kappa shape index (κ2) is 6.18. The van der Waals surface area contributed by atoms with Crippen molar-refractivity contribution >= 4 is 0 Å². The zero-order chi connectivity index (χ0) is 13.0. The predicted molar refractivity (Wildman–Crippen MR) is 69.8 cm³/mol. The van der Waals surface area contributed by atoms with Gasteiger partial charge in [-0.05, 0) is 30.5 Å². The van der Waals surface area contributed by atoms with E-state index in [2.05, 4.69) is 5.32 Å². The lowest BCUT2D eigenvalue weighted by Gasteiger charge is -2.23. The molecule has 0 bridgehead atoms. The molecule has 0 spiro atoms. The molecular formula is C14H21NO3. The van der Waals surface area contributed by atoms with Crippen LogP contribution in [0.2, 0.25) is 0 Å². The molecule has 4 nitrogen and oxygen atoms in total. The first-order valence-corrected chi connectivity index (χ1v) is 6.36. The molecule has 2 N–H and O–H groups in total. The van der Waals surface area contributed by atoms with Crippen LogP contribution in [0.3, 0.4) is 0 Å². The Morgan fingerprint density at radius 3 is 2.61 bits per heavy atom. The quantitative estimate of drug-likeness (QED) is 0.851. The molecule has 1 aliphatic rings. The monoisotopic (exact) mass is 251 g/mol. The summed E-state index contributed by atoms with van der Waals surface area (Å²) in [6.07, 6.45) is 0.151. The summed E-state index contributed by atoms with van der Waals surface area (Å²) < 4.78 is 10.9. The van der Waals surface area contributed by atoms with E-state index < -0.39 is 0 Å². The molecule has 100 valence electrons. The Hall–Kier alpha value is -1.10. The van der Waals surface area contributed by atoms with E-state index in [1.807, 2.05) is 26.0 Å². The molecule has 1 aliphatic heterocycles. The third-order valence-electron chi connectivity index (χ3n) is 3.14. The number of aryl methyl sites for hydroxylation is 2. The fraction of sp³-hybridized carbons (Fsp3) is 0.571. The molecule has 1 aromatic carbocycles. The molecule has 1 heterocycles. The molecule has 18 heavy (non-hydrogen) atoms. The normalized spacial score (nSPS) is 20.0. The molecule has 1 unspecified atom stereocenters. The highest BCUT2D eigenvalue weighted by molar-refractivity contribution is 5.42. The average molecular weight is 251 g/mol. The van der Waals surface area contributed by atoms with Gasteiger partial charge in [0.25, 0.3) is 0 Å². The first-order chi connectivity index (χ1) is 8.66. The largest absolute Gasteiger partial charge is 0.507 e. The van der Waals surface area contributed by atoms with E-state index in [0.717, 1.165) is 24.2 Å². The molecule has 0 aromatic heterocycles. The van der Waals surface area contributed by atoms with E-state index in [1.165, 1.54) is 5.56 Å². The molecular weight excluding hydrogens is 230 g/mol. The number of rotatable bonds is 4. The summed E-state index contributed by atoms with van der Waals surface area (Å²) in [6, 6.07) is 4.02. The number of aromatic hydroxyl groups is 1. The van der Waals surface area contributed by atoms with Crippen LogP contribution in [0.15, 0.2) is 12.1 Å². The second-order valence-corrected chi connectivity index (χ2v) is 4.78. The van der Waals surface area contributed by atoms with E-state index in [9.17, 15) is 5.11 Å². The van der Waals surface area contributed by atoms with Crippen molar-refractivity contribution in [1.29, 1.82) is 0 Å². The third kappa shape index (κ3) is 3.45. The van der Waals surface area contributed by atoms with Crippen molar-refractivity contribution in [3.8, 4) is 5.75 Å². The first-order valence-electron chi connectivity index (χ1n) is 6.36. The minimum atomic E-state index is 0.151. The Bertz CT molecular complexity index is 377. The lowest BCUT2D eigenvalue weighted by molar-refractivity contribution is -0.0864. The first kappa shape index (κ1) is 13.3. The maximum absolute atomic E-state index is 9.70. The summed E-state index contributed by atoms with van der Waals surface area (Å²) in [6.45, 7) is 7.46. The van der Waals surface area contributed by atoms with Crippen LogP contribution in [0.5, 0.6) is 5.75 Å². The van der Waals surface area contributed by atoms with Crippen molar-refractivity contribution in [3.05, 3.63) is 28.8 Å². The van der Waals surface area contributed by atoms with E-state index in [0.29, 0.717) is 25.6 Å². The van der Waals surface area contributed by atoms with Crippen LogP contribution in [-0.4, -0.2) is 37.6 Å². The Balaban J connectivity index is 1.82. The number of hydrogen-bond donors (Lipinski definition) is 2. The fourth-order valence-electron chi connectivity index (χ4n) is 2.18. The van der Waals surface area contributed by atoms with Crippen molar-refractivity contribution in [2.75, 3.05) is 26.4 Å². The van der Waals surface area contributed by atoms with E-state index >= 15 is 0 Å². The zero-order valence-corrected chi connectivity index (χ0v) is 11.0. The van der Waals surface area contributed by atoms with Gasteiger partial charge >= 0.3 is 0 Å². The number of phenols is 1. The highest BCUT2D eigenvalue weighted by Gasteiger charge is 2.13. The van der Waals surface area contributed by atoms with Gasteiger partial charge in [0, 0.05) is 13.1 Å². The SMILES string of the molecule is Cc1cc(CNCC2COCCO2)cc(C)c1O. The number of benzene rings is 1. The van der Waals surface area contributed by atoms with E-state index in [-0.39, 0.29) is 6.10 Å². The summed E-state index contributed by atoms with van der Waals surface area (Å²) >= 11 is 0. The summed E-state index contributed by atoms with van der Waals surface area (Å²) in [7, 11) is 0. The van der Waals surface area contributed by atoms with Crippen LogP contribution in [0.25, 0.3) is 0 Å². The van der Waals surface area contributed by atoms with Crippen LogP contribution in [0, 0.1) is 13.8 Å². The molecule has 1 atom stereocenters. The zero-order valence-electron chi connectivity index (χ0n) is 11.0. The van der Waals surface area contributed by atoms with Gasteiger partial charge in [0.05, 0.1) is 25.9 Å². The molecule has 0 aliphatic carbocycles. The minimum absolute atomic E-state index is 0.151. The number of phenolic OH excluding ortho intramolecular Hbond substituents is 1. The summed E-state index contributed by atoms with van der Waals surface area (Å²) in [4.78, 5) is 0. The molecule has 1 aromatic rings. The second-order valence-electron chi connectivity index (χ2n) is 4.78. The lowest BCUT2D eigenvalue weighted by Crippen LogP contribution is -2.37. The van der Waals surface area contributed by atoms with Crippen LogP contribution < -0.4 is 5.32 Å². The summed E-state index contributed by atoms with van der Waals surface area (Å²) in [5, 5.41) is 13.1. The minimum Gasteiger partial charge on any atom is -0.507 e. The fourth-order valence-corrected chi connectivity index (χ4v) is 2.18. The Morgan fingerprint density at radius 1 is 1.28 bits per heavy atom. The Labute approximate surface area is 108 Å². The van der Waals surface area contributed by atoms with Gasteiger partial charge in [-0.15, -0.1) is 0 Å². The molecule has 0 saturated carbocycles. The number of ether oxygens (including phenoxy) is 2. The topological polar surface area (TPSA) is 50.7 Å². The molecule has 1 saturated heterocycles. The van der Waals surface area contributed by atoms with Gasteiger partial charge in [-0.25, -0.2) is 0 Å². The highest BCUT2D eigenvalue weighted by atomic mass is 16.6. The highest BCUT2D eigenvalue weighted by Crippen LogP contribution is 2.22. The maximum atomic E-state index is 9.70. The van der Waals surface area contributed by atoms with Gasteiger partial charge in [0.1, 0.15) is 5.75 Å². The predicted octanol–water partition coefficient (Wildman–Crippen LogP) is 1.51. The van der Waals surface area contributed by atoms with Gasteiger partial charge in [-0.1, -0.05) is 12.1 Å². The van der Waals surface area contributed by atoms with Gasteiger partial charge in [-0.3, -0.25) is 0 Å². The Kier molecular flexibility index (Phi) is 4.58. The molecule has 0 amide bonds. The standard InChI is InChI=1S/C14H21NO3/c1-10-5-12(6-11(2)14(10)16)7-15-8-13-9-17-3-4-18-13/h5-6,13,15-16H,3-4,7-9H2,1-2H3. The number of nitrogens with one attached hydrogen (secondary N) is 1. The Morgan fingerprint density at radius 2 is 2.00 bits per heavy atom. The van der Waals surface area contributed by atoms with Crippen LogP contribution in [0.1, 0.15) is 16.7 Å². The molecule has 0 radical (unpaired) electrons. The van der Waals surface area contributed by atoms with Gasteiger partial charge < -0.3 is 19.9 Å². The summed E-state index contributed by atoms with van der Waals surface area (Å²) in [5.41, 5.74) is 3.02. The van der Waals surface area contributed by atoms with Crippen LogP contribution in [-0.2, 0) is 16.0 Å². The van der Waals surface area contributed by atoms with Crippen LogP contribution >= 0.6 is 0 Å². The van der Waals surface area contributed by atoms with Crippen molar-refractivity contribution in [1.82, 2.24) is 5.32 Å². The molecule has 2 rings (SSSR count). The van der Waals surface area contributed by atoms with Crippen molar-refractivity contribution < 1.29 is 14.6 Å². The molecule has 1 fully saturated rings. The summed E-state index contributed by atoms with van der Waals surface area (Å²) in [5.74, 6) is 0.391. The van der Waals surface area contributed by atoms with Crippen LogP contribution in [0.4, 0.5) is 0 Å². The van der Waals surface area contributed by atoms with Crippen molar-refractivity contribution in [2.45, 2.75) is 26.5 Å². The third-order valence-corrected chi connectivity index (χ3v) is 3.14. The van der Waals surface area contributed by atoms with Crippen molar-refractivity contribution in [2.24, 2.45) is 0 Å². The van der Waals surface area contributed by atoms with E-state index in [4.69, 9.17) is 9.47 Å². The molecule has 4 heteroatoms. The van der Waals surface area contributed by atoms with Gasteiger partial charge in [0.15, 0.2) is 0 Å². The van der Waals surface area contributed by atoms with E-state index in [1.54, 1.807) is 0 Å². The van der Waals surface area contributed by atoms with Gasteiger partial charge in [0.2, 0.25) is 0 Å². The van der Waals surface area contributed by atoms with Gasteiger partial charge in [-0.2, -0.15) is 0 Å². The van der Waals surface area contributed by atoms with Crippen molar-refractivity contribution in [3.63, 3.8) is 0 Å².